The first-order chi connectivity index (χ1) is 9.16. The lowest BCUT2D eigenvalue weighted by molar-refractivity contribution is 0.0952. The van der Waals surface area contributed by atoms with E-state index in [4.69, 9.17) is 0 Å². The zero-order chi connectivity index (χ0) is 13.7. The van der Waals surface area contributed by atoms with Gasteiger partial charge in [0.1, 0.15) is 5.56 Å². The van der Waals surface area contributed by atoms with Crippen molar-refractivity contribution in [3.8, 4) is 0 Å². The number of amides is 1. The summed E-state index contributed by atoms with van der Waals surface area (Å²) in [5.41, 5.74) is -0.336. The van der Waals surface area contributed by atoms with E-state index in [0.717, 1.165) is 11.8 Å². The number of aromatic nitrogens is 2. The molecule has 0 bridgehead atoms. The number of rotatable bonds is 4. The van der Waals surface area contributed by atoms with Gasteiger partial charge in [-0.05, 0) is 12.0 Å². The summed E-state index contributed by atoms with van der Waals surface area (Å²) in [6.07, 6.45) is 1.78. The van der Waals surface area contributed by atoms with Crippen LogP contribution in [0.4, 0.5) is 0 Å². The van der Waals surface area contributed by atoms with E-state index >= 15 is 0 Å². The van der Waals surface area contributed by atoms with Gasteiger partial charge < -0.3 is 10.3 Å². The Morgan fingerprint density at radius 3 is 2.58 bits per heavy atom. The minimum atomic E-state index is -0.694. The molecule has 1 amide bonds. The van der Waals surface area contributed by atoms with Crippen molar-refractivity contribution in [2.75, 3.05) is 6.54 Å². The lowest BCUT2D eigenvalue weighted by atomic mass is 10.1. The molecule has 0 spiro atoms. The second kappa shape index (κ2) is 5.81. The molecule has 0 unspecified atom stereocenters. The van der Waals surface area contributed by atoms with Crippen LogP contribution in [0.15, 0.2) is 46.1 Å². The highest BCUT2D eigenvalue weighted by atomic mass is 16.2. The molecule has 19 heavy (non-hydrogen) atoms. The quantitative estimate of drug-likeness (QED) is 0.723. The highest BCUT2D eigenvalue weighted by Crippen LogP contribution is 1.98. The van der Waals surface area contributed by atoms with Crippen LogP contribution in [-0.2, 0) is 6.42 Å². The number of carbonyl (C=O) groups excluding carboxylic acids is 1. The molecule has 0 atom stereocenters. The molecule has 6 nitrogen and oxygen atoms in total. The normalized spacial score (nSPS) is 10.1. The molecule has 6 heteroatoms. The molecule has 0 saturated carbocycles. The lowest BCUT2D eigenvalue weighted by Crippen LogP contribution is -2.34. The van der Waals surface area contributed by atoms with Crippen LogP contribution in [0.2, 0.25) is 0 Å². The third-order valence-corrected chi connectivity index (χ3v) is 2.61. The second-order valence-corrected chi connectivity index (χ2v) is 3.98. The van der Waals surface area contributed by atoms with Gasteiger partial charge in [-0.2, -0.15) is 0 Å². The highest BCUT2D eigenvalue weighted by Gasteiger charge is 2.09. The zero-order valence-electron chi connectivity index (χ0n) is 10.1. The Morgan fingerprint density at radius 1 is 1.16 bits per heavy atom. The molecule has 0 saturated heterocycles. The summed E-state index contributed by atoms with van der Waals surface area (Å²) in [6, 6.07) is 9.67. The smallest absolute Gasteiger partial charge is 0.325 e. The minimum Gasteiger partial charge on any atom is -0.351 e. The first-order valence-electron chi connectivity index (χ1n) is 5.81. The summed E-state index contributed by atoms with van der Waals surface area (Å²) in [4.78, 5) is 38.2. The molecule has 0 fully saturated rings. The number of H-pyrrole nitrogens is 2. The molecule has 0 radical (unpaired) electrons. The van der Waals surface area contributed by atoms with E-state index in [0.29, 0.717) is 13.0 Å². The highest BCUT2D eigenvalue weighted by molar-refractivity contribution is 5.93. The third-order valence-electron chi connectivity index (χ3n) is 2.61. The van der Waals surface area contributed by atoms with Crippen LogP contribution in [-0.4, -0.2) is 22.4 Å². The van der Waals surface area contributed by atoms with Crippen molar-refractivity contribution in [1.29, 1.82) is 0 Å². The van der Waals surface area contributed by atoms with Crippen molar-refractivity contribution in [2.24, 2.45) is 0 Å². The number of hydrogen-bond acceptors (Lipinski definition) is 3. The maximum atomic E-state index is 11.7. The van der Waals surface area contributed by atoms with E-state index in [1.54, 1.807) is 0 Å². The van der Waals surface area contributed by atoms with Gasteiger partial charge >= 0.3 is 5.69 Å². The van der Waals surface area contributed by atoms with Gasteiger partial charge in [0.25, 0.3) is 11.5 Å². The zero-order valence-corrected chi connectivity index (χ0v) is 10.1. The Bertz CT molecular complexity index is 673. The molecular weight excluding hydrogens is 246 g/mol. The number of nitrogens with one attached hydrogen (secondary N) is 3. The molecule has 2 rings (SSSR count). The van der Waals surface area contributed by atoms with Gasteiger partial charge in [-0.15, -0.1) is 0 Å². The second-order valence-electron chi connectivity index (χ2n) is 3.98. The maximum absolute atomic E-state index is 11.7. The summed E-state index contributed by atoms with van der Waals surface area (Å²) in [5, 5.41) is 2.63. The van der Waals surface area contributed by atoms with Gasteiger partial charge in [-0.3, -0.25) is 14.6 Å². The van der Waals surface area contributed by atoms with Crippen molar-refractivity contribution in [1.82, 2.24) is 15.3 Å². The summed E-state index contributed by atoms with van der Waals surface area (Å²) in [7, 11) is 0. The van der Waals surface area contributed by atoms with Crippen LogP contribution < -0.4 is 16.6 Å². The fourth-order valence-electron chi connectivity index (χ4n) is 1.64. The molecule has 3 N–H and O–H groups in total. The Balaban J connectivity index is 1.95. The fourth-order valence-corrected chi connectivity index (χ4v) is 1.64. The van der Waals surface area contributed by atoms with Crippen LogP contribution in [0.25, 0.3) is 0 Å². The van der Waals surface area contributed by atoms with Crippen molar-refractivity contribution < 1.29 is 4.79 Å². The van der Waals surface area contributed by atoms with Crippen LogP contribution in [0.5, 0.6) is 0 Å². The molecular formula is C13H13N3O3. The average molecular weight is 259 g/mol. The van der Waals surface area contributed by atoms with E-state index in [2.05, 4.69) is 10.3 Å². The van der Waals surface area contributed by atoms with Gasteiger partial charge in [0.15, 0.2) is 0 Å². The maximum Gasteiger partial charge on any atom is 0.325 e. The third kappa shape index (κ3) is 3.41. The summed E-state index contributed by atoms with van der Waals surface area (Å²) >= 11 is 0. The predicted octanol–water partition coefficient (Wildman–Crippen LogP) is 0.0357. The van der Waals surface area contributed by atoms with Crippen LogP contribution in [0.1, 0.15) is 15.9 Å². The van der Waals surface area contributed by atoms with Gasteiger partial charge in [0.2, 0.25) is 0 Å². The first-order valence-corrected chi connectivity index (χ1v) is 5.81. The topological polar surface area (TPSA) is 94.8 Å². The van der Waals surface area contributed by atoms with E-state index in [-0.39, 0.29) is 5.56 Å². The number of carbonyl (C=O) groups is 1. The summed E-state index contributed by atoms with van der Waals surface area (Å²) < 4.78 is 0. The van der Waals surface area contributed by atoms with E-state index < -0.39 is 17.2 Å². The van der Waals surface area contributed by atoms with Crippen molar-refractivity contribution >= 4 is 5.91 Å². The van der Waals surface area contributed by atoms with Crippen molar-refractivity contribution in [3.63, 3.8) is 0 Å². The number of hydrogen-bond donors (Lipinski definition) is 3. The van der Waals surface area contributed by atoms with E-state index in [1.165, 1.54) is 0 Å². The molecule has 1 aromatic heterocycles. The Labute approximate surface area is 108 Å². The monoisotopic (exact) mass is 259 g/mol. The SMILES string of the molecule is O=C(NCCc1ccccc1)c1c[nH]c(=O)[nH]c1=O. The van der Waals surface area contributed by atoms with E-state index in [9.17, 15) is 14.4 Å². The molecule has 0 aliphatic rings. The molecule has 1 heterocycles. The molecule has 98 valence electrons. The summed E-state index contributed by atoms with van der Waals surface area (Å²) in [5.74, 6) is -0.506. The Morgan fingerprint density at radius 2 is 1.89 bits per heavy atom. The van der Waals surface area contributed by atoms with Crippen LogP contribution in [0.3, 0.4) is 0 Å². The van der Waals surface area contributed by atoms with Crippen molar-refractivity contribution in [2.45, 2.75) is 6.42 Å². The van der Waals surface area contributed by atoms with Gasteiger partial charge in [0.05, 0.1) is 0 Å². The van der Waals surface area contributed by atoms with Gasteiger partial charge in [0, 0.05) is 12.7 Å². The standard InChI is InChI=1S/C13H13N3O3/c17-11(10-8-15-13(19)16-12(10)18)14-7-6-9-4-2-1-3-5-9/h1-5,8H,6-7H2,(H,14,17)(H2,15,16,18,19). The molecule has 2 aromatic rings. The summed E-state index contributed by atoms with van der Waals surface area (Å²) in [6.45, 7) is 0.418. The van der Waals surface area contributed by atoms with Gasteiger partial charge in [-0.25, -0.2) is 4.79 Å². The van der Waals surface area contributed by atoms with Crippen LogP contribution >= 0.6 is 0 Å². The molecule has 0 aliphatic heterocycles. The Kier molecular flexibility index (Phi) is 3.92. The Hall–Kier alpha value is -2.63. The lowest BCUT2D eigenvalue weighted by Gasteiger charge is -2.04. The predicted molar refractivity (Wildman–Crippen MR) is 70.2 cm³/mol. The number of aromatic amines is 2. The van der Waals surface area contributed by atoms with E-state index in [1.807, 2.05) is 35.3 Å². The molecule has 1 aromatic carbocycles. The van der Waals surface area contributed by atoms with Crippen LogP contribution in [0, 0.1) is 0 Å². The fraction of sp³-hybridized carbons (Fsp3) is 0.154. The molecule has 0 aliphatic carbocycles. The minimum absolute atomic E-state index is 0.104. The van der Waals surface area contributed by atoms with Gasteiger partial charge in [-0.1, -0.05) is 30.3 Å². The first kappa shape index (κ1) is 12.8. The average Bonchev–Trinajstić information content (AvgIpc) is 2.39. The largest absolute Gasteiger partial charge is 0.351 e. The number of benzene rings is 1. The van der Waals surface area contributed by atoms with Crippen molar-refractivity contribution in [3.05, 3.63) is 68.5 Å².